The number of amides is 4. The minimum absolute atomic E-state index is 0.00284. The summed E-state index contributed by atoms with van der Waals surface area (Å²) in [5, 5.41) is 6.85. The zero-order valence-electron chi connectivity index (χ0n) is 47.3. The molecule has 2 fully saturated rings. The standard InChI is InChI=1S/C24H28ClN5O3S.C24H27ClN4O3S.C12H12NO2P/c1-14-11-29(15(2)10-28(14)12-16-6-5-7-34-16)23(32)18-8-17-19(22(31)24(33)27(3)4)13-30(26)21(17)9-20(18)25;1-14-12-29(15(2)11-28(14)13-16-6-5-7-33-16)23(31)18-8-17-19(22(30)24(32)27(3)4)10-26-21(17)9-20(18)25;13-15-16(14,11-7-3-1-4-8-11)12-9-5-2-6-10-12/h5-9,13-15H,10-12,26H2,1-4H3;5-10,14-15,26H,11-13H2,1-4H3;1-10H,13H2/t2*14-,15+;/m00./s1. The first-order chi connectivity index (χ1) is 39.5. The number of ketones is 2. The van der Waals surface area contributed by atoms with Crippen molar-refractivity contribution < 1.29 is 38.0 Å². The van der Waals surface area contributed by atoms with Gasteiger partial charge in [-0.15, -0.1) is 22.7 Å². The van der Waals surface area contributed by atoms with Crippen molar-refractivity contribution in [3.8, 4) is 0 Å². The van der Waals surface area contributed by atoms with E-state index in [1.165, 1.54) is 64.8 Å². The molecular formula is C60H67Cl2N10O8PS2. The van der Waals surface area contributed by atoms with Gasteiger partial charge in [-0.3, -0.25) is 47.8 Å². The van der Waals surface area contributed by atoms with E-state index in [0.29, 0.717) is 56.1 Å². The normalized spacial score (nSPS) is 17.5. The van der Waals surface area contributed by atoms with Crippen LogP contribution in [0.1, 0.15) is 78.9 Å². The van der Waals surface area contributed by atoms with Crippen molar-refractivity contribution >= 4 is 121 Å². The fourth-order valence-electron chi connectivity index (χ4n) is 10.2. The van der Waals surface area contributed by atoms with E-state index in [2.05, 4.69) is 57.6 Å². The number of Topliss-reactive ketones (excluding diaryl/α,β-unsaturated/α-hetero) is 2. The highest BCUT2D eigenvalue weighted by Crippen LogP contribution is 2.42. The zero-order valence-corrected chi connectivity index (χ0v) is 51.4. The predicted octanol–water partition coefficient (Wildman–Crippen LogP) is 8.77. The number of aromatic nitrogens is 2. The summed E-state index contributed by atoms with van der Waals surface area (Å²) >= 11 is 16.5. The molecule has 0 aliphatic carbocycles. The van der Waals surface area contributed by atoms with Gasteiger partial charge < -0.3 is 30.4 Å². The van der Waals surface area contributed by atoms with E-state index in [1.807, 2.05) is 66.1 Å². The van der Waals surface area contributed by atoms with E-state index in [1.54, 1.807) is 71.2 Å². The Labute approximate surface area is 500 Å². The second-order valence-corrected chi connectivity index (χ2v) is 26.3. The summed E-state index contributed by atoms with van der Waals surface area (Å²) in [5.41, 5.74) is 2.08. The monoisotopic (exact) mass is 1220 g/mol. The lowest BCUT2D eigenvalue weighted by Gasteiger charge is -2.44. The fraction of sp³-hybridized carbons (Fsp3) is 0.300. The molecular weight excluding hydrogens is 1150 g/mol. The molecule has 10 rings (SSSR count). The number of thiophene rings is 2. The number of hydrogen-bond donors (Lipinski definition) is 3. The second-order valence-electron chi connectivity index (χ2n) is 21.1. The van der Waals surface area contributed by atoms with Crippen LogP contribution in [0.15, 0.2) is 132 Å². The Hall–Kier alpha value is -6.97. The molecule has 0 bridgehead atoms. The van der Waals surface area contributed by atoms with E-state index >= 15 is 0 Å². The van der Waals surface area contributed by atoms with Crippen LogP contribution in [0.5, 0.6) is 0 Å². The summed E-state index contributed by atoms with van der Waals surface area (Å²) in [6.07, 6.45) is 2.89. The number of carbonyl (C=O) groups excluding carboxylic acids is 6. The maximum absolute atomic E-state index is 13.6. The number of H-pyrrole nitrogens is 1. The van der Waals surface area contributed by atoms with Crippen LogP contribution in [-0.2, 0) is 31.9 Å². The van der Waals surface area contributed by atoms with E-state index < -0.39 is 30.7 Å². The molecule has 436 valence electrons. The number of nitrogens with one attached hydrogen (secondary N) is 1. The van der Waals surface area contributed by atoms with E-state index in [0.717, 1.165) is 26.2 Å². The Morgan fingerprint density at radius 2 is 1.05 bits per heavy atom. The zero-order chi connectivity index (χ0) is 60.0. The predicted molar refractivity (Wildman–Crippen MR) is 331 cm³/mol. The average Bonchev–Trinajstić information content (AvgIpc) is 3.89. The highest BCUT2D eigenvalue weighted by molar-refractivity contribution is 7.74. The second kappa shape index (κ2) is 26.7. The van der Waals surface area contributed by atoms with Crippen LogP contribution >= 0.6 is 53.2 Å². The molecule has 23 heteroatoms. The largest absolute Gasteiger partial charge is 0.360 e. The third-order valence-electron chi connectivity index (χ3n) is 14.8. The molecule has 0 radical (unpaired) electrons. The first kappa shape index (κ1) is 62.1. The highest BCUT2D eigenvalue weighted by atomic mass is 35.5. The molecule has 0 saturated carbocycles. The number of hydrogen-bond acceptors (Lipinski definition) is 14. The van der Waals surface area contributed by atoms with Gasteiger partial charge in [0.05, 0.1) is 37.8 Å². The number of benzene rings is 4. The topological polar surface area (TPSA) is 221 Å². The van der Waals surface area contributed by atoms with Gasteiger partial charge >= 0.3 is 0 Å². The minimum atomic E-state index is -3.13. The molecule has 8 aromatic rings. The number of fused-ring (bicyclic) bond motifs is 2. The number of nitrogen functional groups attached to an aromatic ring is 1. The van der Waals surface area contributed by atoms with Crippen LogP contribution in [0.3, 0.4) is 0 Å². The quantitative estimate of drug-likeness (QED) is 0.0324. The smallest absolute Gasteiger partial charge is 0.294 e. The number of nitrogens with zero attached hydrogens (tertiary/aromatic N) is 7. The van der Waals surface area contributed by atoms with Gasteiger partial charge in [0.1, 0.15) is 0 Å². The van der Waals surface area contributed by atoms with Crippen molar-refractivity contribution in [1.29, 1.82) is 0 Å². The van der Waals surface area contributed by atoms with Gasteiger partial charge in [-0.05, 0) is 99.1 Å². The Morgan fingerprint density at radius 1 is 0.602 bits per heavy atom. The number of carbonyl (C=O) groups is 6. The third kappa shape index (κ3) is 13.7. The number of rotatable bonds is 13. The first-order valence-corrected chi connectivity index (χ1v) is 30.8. The Kier molecular flexibility index (Phi) is 20.0. The molecule has 4 amide bonds. The molecule has 5 N–H and O–H groups in total. The summed E-state index contributed by atoms with van der Waals surface area (Å²) in [6, 6.07) is 33.1. The molecule has 6 heterocycles. The number of halogens is 2. The van der Waals surface area contributed by atoms with E-state index in [4.69, 9.17) is 39.6 Å². The van der Waals surface area contributed by atoms with Crippen molar-refractivity contribution in [3.63, 3.8) is 0 Å². The van der Waals surface area contributed by atoms with Gasteiger partial charge in [0.15, 0.2) is 0 Å². The van der Waals surface area contributed by atoms with Crippen molar-refractivity contribution in [1.82, 2.24) is 39.1 Å². The summed E-state index contributed by atoms with van der Waals surface area (Å²) < 4.78 is 18.7. The van der Waals surface area contributed by atoms with Gasteiger partial charge in [-0.1, -0.05) is 71.7 Å². The molecule has 4 aromatic heterocycles. The van der Waals surface area contributed by atoms with Crippen molar-refractivity contribution in [2.45, 2.75) is 65.0 Å². The number of aromatic amines is 1. The van der Waals surface area contributed by atoms with E-state index in [9.17, 15) is 33.3 Å². The van der Waals surface area contributed by atoms with Gasteiger partial charge in [-0.25, -0.2) is 10.5 Å². The number of piperazine rings is 2. The molecule has 83 heavy (non-hydrogen) atoms. The summed E-state index contributed by atoms with van der Waals surface area (Å²) in [4.78, 5) is 93.5. The Morgan fingerprint density at radius 3 is 1.48 bits per heavy atom. The van der Waals surface area contributed by atoms with Crippen LogP contribution < -0.4 is 22.3 Å². The minimum Gasteiger partial charge on any atom is -0.360 e. The Bertz CT molecular complexity index is 3650. The highest BCUT2D eigenvalue weighted by Gasteiger charge is 2.36. The SMILES string of the molecule is C[C@@H]1CN(Cc2cccs2)[C@@H](C)CN1C(=O)c1cc2c(C(=O)C(=O)N(C)C)c[nH]c2cc1Cl.C[C@@H]1CN(Cc2cccs2)[C@@H](C)CN1C(=O)c1cc2c(C(=O)C(=O)N(C)C)cn(N)c2cc1Cl.NOP(=O)(c1ccccc1)c1ccccc1. The molecule has 0 unspecified atom stereocenters. The lowest BCUT2D eigenvalue weighted by Crippen LogP contribution is -2.57. The molecule has 2 aliphatic rings. The summed E-state index contributed by atoms with van der Waals surface area (Å²) in [7, 11) is 2.95. The molecule has 4 aromatic carbocycles. The third-order valence-corrected chi connectivity index (χ3v) is 19.4. The molecule has 4 atom stereocenters. The molecule has 2 saturated heterocycles. The van der Waals surface area contributed by atoms with Crippen molar-refractivity contribution in [2.24, 2.45) is 5.90 Å². The summed E-state index contributed by atoms with van der Waals surface area (Å²) in [5.74, 6) is 8.25. The van der Waals surface area contributed by atoms with Crippen LogP contribution in [0.4, 0.5) is 0 Å². The van der Waals surface area contributed by atoms with Crippen LogP contribution in [-0.4, -0.2) is 153 Å². The molecule has 18 nitrogen and oxygen atoms in total. The molecule has 2 aliphatic heterocycles. The first-order valence-electron chi connectivity index (χ1n) is 26.7. The lowest BCUT2D eigenvalue weighted by molar-refractivity contribution is -0.124. The van der Waals surface area contributed by atoms with Gasteiger partial charge in [0, 0.05) is 141 Å². The van der Waals surface area contributed by atoms with Crippen LogP contribution in [0, 0.1) is 0 Å². The van der Waals surface area contributed by atoms with E-state index in [-0.39, 0.29) is 57.7 Å². The maximum Gasteiger partial charge on any atom is 0.294 e. The molecule has 0 spiro atoms. The van der Waals surface area contributed by atoms with Crippen LogP contribution in [0.2, 0.25) is 10.0 Å². The number of likely N-dealkylation sites (N-methyl/N-ethyl adjacent to an activating group) is 2. The van der Waals surface area contributed by atoms with Crippen molar-refractivity contribution in [3.05, 3.63) is 174 Å². The van der Waals surface area contributed by atoms with Gasteiger partial charge in [0.25, 0.3) is 42.6 Å². The number of nitrogens with two attached hydrogens (primary N) is 2. The van der Waals surface area contributed by atoms with Crippen molar-refractivity contribution in [2.75, 3.05) is 60.2 Å². The fourth-order valence-corrected chi connectivity index (χ4v) is 13.8. The van der Waals surface area contributed by atoms with Gasteiger partial charge in [-0.2, -0.15) is 0 Å². The van der Waals surface area contributed by atoms with Crippen LogP contribution in [0.25, 0.3) is 21.8 Å². The lowest BCUT2D eigenvalue weighted by atomic mass is 10.0. The maximum atomic E-state index is 13.6. The summed E-state index contributed by atoms with van der Waals surface area (Å²) in [6.45, 7) is 12.7. The average molecular weight is 1220 g/mol. The van der Waals surface area contributed by atoms with Gasteiger partial charge in [0.2, 0.25) is 0 Å². The Balaban J connectivity index is 0.000000173.